The minimum absolute atomic E-state index is 1.03. The largest absolute Gasteiger partial charge is 0.308 e. The van der Waals surface area contributed by atoms with Crippen LogP contribution in [0.5, 0.6) is 0 Å². The summed E-state index contributed by atoms with van der Waals surface area (Å²) in [7, 11) is 0. The van der Waals surface area contributed by atoms with Gasteiger partial charge in [-0.1, -0.05) is 0 Å². The lowest BCUT2D eigenvalue weighted by molar-refractivity contribution is 0.266. The molecule has 0 N–H and O–H groups in total. The van der Waals surface area contributed by atoms with Crippen molar-refractivity contribution in [2.75, 3.05) is 0 Å². The summed E-state index contributed by atoms with van der Waals surface area (Å²) in [5, 5.41) is 1.40. The Morgan fingerprint density at radius 3 is 2.50 bits per heavy atom. The highest BCUT2D eigenvalue weighted by Gasteiger charge is 1.79. The first-order valence-corrected chi connectivity index (χ1v) is 1.39. The van der Waals surface area contributed by atoms with Crippen LogP contribution in [0.25, 0.3) is 10.4 Å². The lowest BCUT2D eigenvalue weighted by atomic mass is 11.4. The molecule has 0 saturated carbocycles. The van der Waals surface area contributed by atoms with Crippen molar-refractivity contribution in [3.8, 4) is 0 Å². The quantitative estimate of drug-likeness (QED) is 0.152. The molecule has 0 radical (unpaired) electrons. The summed E-state index contributed by atoms with van der Waals surface area (Å²) in [5.74, 6) is 0. The molecule has 0 aliphatic rings. The maximum absolute atomic E-state index is 9.39. The molecule has 0 saturated heterocycles. The minimum atomic E-state index is -1.03. The highest BCUT2D eigenvalue weighted by molar-refractivity contribution is 6.63. The van der Waals surface area contributed by atoms with E-state index >= 15 is 0 Å². The van der Waals surface area contributed by atoms with E-state index in [1.54, 1.807) is 0 Å². The third-order valence-electron chi connectivity index (χ3n) is 0.123. The number of hydrogen-bond donors (Lipinski definition) is 0. The number of halogens is 1. The van der Waals surface area contributed by atoms with Crippen LogP contribution in [-0.4, -0.2) is 5.37 Å². The standard InChI is InChI=1S/CClN3O/c2-1(6)4-5-3. The van der Waals surface area contributed by atoms with Crippen molar-refractivity contribution < 1.29 is 4.79 Å². The Bertz CT molecular complexity index is 103. The van der Waals surface area contributed by atoms with Gasteiger partial charge in [-0.2, -0.15) is 0 Å². The van der Waals surface area contributed by atoms with Crippen LogP contribution in [0, 0.1) is 0 Å². The van der Waals surface area contributed by atoms with E-state index in [1.165, 1.54) is 0 Å². The van der Waals surface area contributed by atoms with E-state index < -0.39 is 5.37 Å². The molecule has 6 heavy (non-hydrogen) atoms. The number of hydrogen-bond acceptors (Lipinski definition) is 1. The van der Waals surface area contributed by atoms with Crippen molar-refractivity contribution in [3.05, 3.63) is 10.4 Å². The first kappa shape index (κ1) is 5.27. The van der Waals surface area contributed by atoms with E-state index in [4.69, 9.17) is 5.53 Å². The first-order valence-electron chi connectivity index (χ1n) is 1.02. The highest BCUT2D eigenvalue weighted by atomic mass is 35.5. The summed E-state index contributed by atoms with van der Waals surface area (Å²) >= 11 is 4.52. The first-order chi connectivity index (χ1) is 2.77. The normalized spacial score (nSPS) is 6.17. The second-order valence-electron chi connectivity index (χ2n) is 0.442. The molecule has 0 aliphatic carbocycles. The van der Waals surface area contributed by atoms with Gasteiger partial charge in [-0.25, -0.2) is 0 Å². The second-order valence-corrected chi connectivity index (χ2v) is 0.766. The number of rotatable bonds is 0. The second kappa shape index (κ2) is 2.50. The summed E-state index contributed by atoms with van der Waals surface area (Å²) in [6, 6.07) is 0. The van der Waals surface area contributed by atoms with Crippen LogP contribution < -0.4 is 0 Å². The predicted molar refractivity (Wildman–Crippen MR) is 20.4 cm³/mol. The number of nitrogens with zero attached hydrogens (tertiary/aromatic N) is 3. The molecular formula is CClN3O. The third kappa shape index (κ3) is 3.27. The Morgan fingerprint density at radius 1 is 2.00 bits per heavy atom. The van der Waals surface area contributed by atoms with E-state index in [2.05, 4.69) is 21.6 Å². The van der Waals surface area contributed by atoms with Gasteiger partial charge < -0.3 is 0 Å². The van der Waals surface area contributed by atoms with Gasteiger partial charge in [-0.15, -0.1) is 0 Å². The fourth-order valence-electron chi connectivity index (χ4n) is 0.0352. The summed E-state index contributed by atoms with van der Waals surface area (Å²) in [4.78, 5) is 11.5. The van der Waals surface area contributed by atoms with Crippen LogP contribution in [0.15, 0.2) is 5.11 Å². The Balaban J connectivity index is 3.60. The number of azide groups is 1. The molecule has 32 valence electrons. The molecule has 0 aromatic rings. The minimum Gasteiger partial charge on any atom is -0.274 e. The average Bonchev–Trinajstić information content (AvgIpc) is 1.35. The van der Waals surface area contributed by atoms with Crippen molar-refractivity contribution in [3.63, 3.8) is 0 Å². The van der Waals surface area contributed by atoms with E-state index in [9.17, 15) is 4.79 Å². The van der Waals surface area contributed by atoms with Gasteiger partial charge >= 0.3 is 5.37 Å². The monoisotopic (exact) mass is 105 g/mol. The molecule has 0 fully saturated rings. The SMILES string of the molecule is [N-]=[N+]=NC(=O)Cl. The molecule has 0 aromatic carbocycles. The zero-order valence-corrected chi connectivity index (χ0v) is 3.38. The zero-order valence-electron chi connectivity index (χ0n) is 2.63. The third-order valence-corrected chi connectivity index (χ3v) is 0.199. The summed E-state index contributed by atoms with van der Waals surface area (Å²) < 4.78 is 0. The van der Waals surface area contributed by atoms with Crippen molar-refractivity contribution in [2.24, 2.45) is 5.11 Å². The van der Waals surface area contributed by atoms with E-state index in [1.807, 2.05) is 0 Å². The van der Waals surface area contributed by atoms with Crippen LogP contribution in [0.3, 0.4) is 0 Å². The van der Waals surface area contributed by atoms with Gasteiger partial charge in [0.25, 0.3) is 0 Å². The van der Waals surface area contributed by atoms with Crippen molar-refractivity contribution in [2.45, 2.75) is 0 Å². The smallest absolute Gasteiger partial charge is 0.274 e. The molecule has 0 aliphatic heterocycles. The molecule has 0 aromatic heterocycles. The number of amides is 1. The fraction of sp³-hybridized carbons (Fsp3) is 0. The van der Waals surface area contributed by atoms with Gasteiger partial charge in [0.05, 0.1) is 0 Å². The van der Waals surface area contributed by atoms with Crippen molar-refractivity contribution in [1.82, 2.24) is 0 Å². The molecular weight excluding hydrogens is 105 g/mol. The topological polar surface area (TPSA) is 65.8 Å². The Kier molecular flexibility index (Phi) is 2.20. The van der Waals surface area contributed by atoms with E-state index in [0.717, 1.165) is 0 Å². The Labute approximate surface area is 38.3 Å². The molecule has 0 spiro atoms. The molecule has 1 amide bonds. The van der Waals surface area contributed by atoms with Crippen LogP contribution in [0.1, 0.15) is 0 Å². The summed E-state index contributed by atoms with van der Waals surface area (Å²) in [5.41, 5.74) is 7.39. The predicted octanol–water partition coefficient (Wildman–Crippen LogP) is 1.66. The van der Waals surface area contributed by atoms with Crippen LogP contribution in [0.4, 0.5) is 4.79 Å². The number of carbonyl (C=O) groups excluding carboxylic acids is 1. The highest BCUT2D eigenvalue weighted by Crippen LogP contribution is 1.82. The van der Waals surface area contributed by atoms with Gasteiger partial charge in [0.1, 0.15) is 0 Å². The van der Waals surface area contributed by atoms with Crippen LogP contribution in [-0.2, 0) is 0 Å². The van der Waals surface area contributed by atoms with E-state index in [0.29, 0.717) is 0 Å². The average molecular weight is 105 g/mol. The summed E-state index contributed by atoms with van der Waals surface area (Å²) in [6.07, 6.45) is 0. The molecule has 0 atom stereocenters. The van der Waals surface area contributed by atoms with Crippen LogP contribution >= 0.6 is 11.6 Å². The van der Waals surface area contributed by atoms with Crippen molar-refractivity contribution >= 4 is 17.0 Å². The Hall–Kier alpha value is -0.730. The lowest BCUT2D eigenvalue weighted by Crippen LogP contribution is -1.62. The number of carbonyl (C=O) groups is 1. The van der Waals surface area contributed by atoms with Gasteiger partial charge in [0, 0.05) is 4.91 Å². The maximum atomic E-state index is 9.39. The molecule has 0 rings (SSSR count). The molecule has 0 heterocycles. The van der Waals surface area contributed by atoms with E-state index in [-0.39, 0.29) is 0 Å². The fourth-order valence-corrected chi connectivity index (χ4v) is 0.0690. The van der Waals surface area contributed by atoms with Gasteiger partial charge in [-0.05, 0) is 22.2 Å². The van der Waals surface area contributed by atoms with Gasteiger partial charge in [0.2, 0.25) is 0 Å². The zero-order chi connectivity index (χ0) is 4.99. The molecule has 0 bridgehead atoms. The lowest BCUT2D eigenvalue weighted by Gasteiger charge is -1.57. The van der Waals surface area contributed by atoms with Crippen molar-refractivity contribution in [1.29, 1.82) is 0 Å². The van der Waals surface area contributed by atoms with Gasteiger partial charge in [-0.3, -0.25) is 4.79 Å². The molecule has 4 nitrogen and oxygen atoms in total. The maximum Gasteiger partial charge on any atom is 0.308 e. The summed E-state index contributed by atoms with van der Waals surface area (Å²) in [6.45, 7) is 0. The van der Waals surface area contributed by atoms with Crippen LogP contribution in [0.2, 0.25) is 0 Å². The van der Waals surface area contributed by atoms with Gasteiger partial charge in [0.15, 0.2) is 0 Å². The molecule has 5 heteroatoms. The molecule has 0 unspecified atom stereocenters. The Morgan fingerprint density at radius 2 is 2.50 bits per heavy atom.